The Kier molecular flexibility index (Phi) is 8.07. The predicted octanol–water partition coefficient (Wildman–Crippen LogP) is 3.07. The Morgan fingerprint density at radius 2 is 1.93 bits per heavy atom. The molecular formula is C13H29NO. The number of rotatable bonds is 9. The fourth-order valence-electron chi connectivity index (χ4n) is 1.32. The van der Waals surface area contributed by atoms with Crippen LogP contribution in [-0.2, 0) is 4.74 Å². The molecule has 15 heavy (non-hydrogen) atoms. The zero-order valence-corrected chi connectivity index (χ0v) is 11.2. The van der Waals surface area contributed by atoms with Crippen molar-refractivity contribution < 1.29 is 4.74 Å². The molecule has 0 aromatic carbocycles. The van der Waals surface area contributed by atoms with Crippen LogP contribution >= 0.6 is 0 Å². The summed E-state index contributed by atoms with van der Waals surface area (Å²) < 4.78 is 5.70. The van der Waals surface area contributed by atoms with E-state index in [1.165, 1.54) is 12.8 Å². The van der Waals surface area contributed by atoms with Gasteiger partial charge in [0, 0.05) is 18.6 Å². The third-order valence-corrected chi connectivity index (χ3v) is 2.36. The molecule has 0 radical (unpaired) electrons. The summed E-state index contributed by atoms with van der Waals surface area (Å²) in [4.78, 5) is 0. The Hall–Kier alpha value is -0.0800. The third kappa shape index (κ3) is 10.2. The van der Waals surface area contributed by atoms with Crippen LogP contribution < -0.4 is 5.32 Å². The number of hydrogen-bond acceptors (Lipinski definition) is 2. The maximum absolute atomic E-state index is 5.70. The maximum atomic E-state index is 5.70. The van der Waals surface area contributed by atoms with Gasteiger partial charge in [0.15, 0.2) is 0 Å². The molecule has 0 atom stereocenters. The highest BCUT2D eigenvalue weighted by Gasteiger charge is 2.17. The molecule has 2 heteroatoms. The quantitative estimate of drug-likeness (QED) is 0.597. The van der Waals surface area contributed by atoms with Gasteiger partial charge in [0.1, 0.15) is 0 Å². The highest BCUT2D eigenvalue weighted by Crippen LogP contribution is 2.14. The van der Waals surface area contributed by atoms with Crippen molar-refractivity contribution in [2.24, 2.45) is 11.3 Å². The Balaban J connectivity index is 3.46. The molecule has 0 saturated heterocycles. The van der Waals surface area contributed by atoms with Crippen molar-refractivity contribution in [3.05, 3.63) is 0 Å². The van der Waals surface area contributed by atoms with Crippen molar-refractivity contribution in [1.82, 2.24) is 5.32 Å². The first-order valence-corrected chi connectivity index (χ1v) is 6.26. The number of hydrogen-bond donors (Lipinski definition) is 1. The van der Waals surface area contributed by atoms with Gasteiger partial charge in [-0.3, -0.25) is 0 Å². The molecule has 0 aromatic rings. The molecule has 0 fully saturated rings. The largest absolute Gasteiger partial charge is 0.381 e. The Bertz CT molecular complexity index is 143. The minimum absolute atomic E-state index is 0.256. The van der Waals surface area contributed by atoms with Gasteiger partial charge in [-0.05, 0) is 25.3 Å². The second-order valence-corrected chi connectivity index (χ2v) is 5.58. The van der Waals surface area contributed by atoms with E-state index < -0.39 is 0 Å². The van der Waals surface area contributed by atoms with Crippen molar-refractivity contribution in [1.29, 1.82) is 0 Å². The summed E-state index contributed by atoms with van der Waals surface area (Å²) in [7, 11) is 0. The van der Waals surface area contributed by atoms with Gasteiger partial charge in [0.05, 0.1) is 6.61 Å². The van der Waals surface area contributed by atoms with Gasteiger partial charge in [0.25, 0.3) is 0 Å². The SMILES string of the molecule is CCCNCC(C)(C)COCCC(C)C. The van der Waals surface area contributed by atoms with E-state index in [2.05, 4.69) is 39.9 Å². The summed E-state index contributed by atoms with van der Waals surface area (Å²) in [6.07, 6.45) is 2.36. The van der Waals surface area contributed by atoms with Crippen LogP contribution in [0.2, 0.25) is 0 Å². The molecular weight excluding hydrogens is 186 g/mol. The topological polar surface area (TPSA) is 21.3 Å². The molecule has 2 nitrogen and oxygen atoms in total. The minimum Gasteiger partial charge on any atom is -0.381 e. The average Bonchev–Trinajstić information content (AvgIpc) is 2.13. The van der Waals surface area contributed by atoms with E-state index in [9.17, 15) is 0 Å². The van der Waals surface area contributed by atoms with E-state index in [1.54, 1.807) is 0 Å². The molecule has 0 aromatic heterocycles. The molecule has 0 unspecified atom stereocenters. The van der Waals surface area contributed by atoms with Crippen LogP contribution in [0.3, 0.4) is 0 Å². The fraction of sp³-hybridized carbons (Fsp3) is 1.00. The lowest BCUT2D eigenvalue weighted by Gasteiger charge is -2.25. The molecule has 92 valence electrons. The summed E-state index contributed by atoms with van der Waals surface area (Å²) >= 11 is 0. The normalized spacial score (nSPS) is 12.4. The van der Waals surface area contributed by atoms with E-state index in [0.717, 1.165) is 32.2 Å². The summed E-state index contributed by atoms with van der Waals surface area (Å²) in [5.74, 6) is 0.742. The van der Waals surface area contributed by atoms with E-state index >= 15 is 0 Å². The van der Waals surface area contributed by atoms with Gasteiger partial charge >= 0.3 is 0 Å². The van der Waals surface area contributed by atoms with Crippen LogP contribution in [-0.4, -0.2) is 26.3 Å². The zero-order chi connectivity index (χ0) is 11.7. The molecule has 0 rings (SSSR count). The Labute approximate surface area is 95.8 Å². The van der Waals surface area contributed by atoms with Crippen molar-refractivity contribution in [3.8, 4) is 0 Å². The molecule has 0 heterocycles. The van der Waals surface area contributed by atoms with Crippen molar-refractivity contribution >= 4 is 0 Å². The van der Waals surface area contributed by atoms with Crippen LogP contribution in [0.25, 0.3) is 0 Å². The zero-order valence-electron chi connectivity index (χ0n) is 11.2. The molecule has 0 spiro atoms. The molecule has 1 N–H and O–H groups in total. The summed E-state index contributed by atoms with van der Waals surface area (Å²) in [5.41, 5.74) is 0.256. The first-order chi connectivity index (χ1) is 6.98. The molecule has 0 bridgehead atoms. The molecule has 0 aliphatic heterocycles. The van der Waals surface area contributed by atoms with Gasteiger partial charge < -0.3 is 10.1 Å². The van der Waals surface area contributed by atoms with Gasteiger partial charge in [-0.2, -0.15) is 0 Å². The van der Waals surface area contributed by atoms with Crippen molar-refractivity contribution in [3.63, 3.8) is 0 Å². The van der Waals surface area contributed by atoms with E-state index in [1.807, 2.05) is 0 Å². The second kappa shape index (κ2) is 8.12. The molecule has 0 aliphatic carbocycles. The van der Waals surface area contributed by atoms with Gasteiger partial charge in [0.2, 0.25) is 0 Å². The third-order valence-electron chi connectivity index (χ3n) is 2.36. The Morgan fingerprint density at radius 1 is 1.27 bits per heavy atom. The molecule has 0 saturated carbocycles. The second-order valence-electron chi connectivity index (χ2n) is 5.58. The number of nitrogens with one attached hydrogen (secondary N) is 1. The lowest BCUT2D eigenvalue weighted by atomic mass is 9.95. The van der Waals surface area contributed by atoms with Crippen molar-refractivity contribution in [2.75, 3.05) is 26.3 Å². The van der Waals surface area contributed by atoms with Gasteiger partial charge in [-0.25, -0.2) is 0 Å². The highest BCUT2D eigenvalue weighted by molar-refractivity contribution is 4.70. The smallest absolute Gasteiger partial charge is 0.0529 e. The first kappa shape index (κ1) is 14.9. The average molecular weight is 215 g/mol. The fourth-order valence-corrected chi connectivity index (χ4v) is 1.32. The van der Waals surface area contributed by atoms with E-state index in [0.29, 0.717) is 0 Å². The predicted molar refractivity (Wildman–Crippen MR) is 67.2 cm³/mol. The van der Waals surface area contributed by atoms with E-state index in [4.69, 9.17) is 4.74 Å². The minimum atomic E-state index is 0.256. The first-order valence-electron chi connectivity index (χ1n) is 6.26. The van der Waals surface area contributed by atoms with Crippen LogP contribution in [0.5, 0.6) is 0 Å². The summed E-state index contributed by atoms with van der Waals surface area (Å²) in [5, 5.41) is 3.45. The van der Waals surface area contributed by atoms with Crippen molar-refractivity contribution in [2.45, 2.75) is 47.5 Å². The van der Waals surface area contributed by atoms with Crippen LogP contribution in [0.4, 0.5) is 0 Å². The van der Waals surface area contributed by atoms with Crippen LogP contribution in [0.15, 0.2) is 0 Å². The number of ether oxygens (including phenoxy) is 1. The van der Waals surface area contributed by atoms with Gasteiger partial charge in [-0.15, -0.1) is 0 Å². The van der Waals surface area contributed by atoms with E-state index in [-0.39, 0.29) is 5.41 Å². The van der Waals surface area contributed by atoms with Gasteiger partial charge in [-0.1, -0.05) is 34.6 Å². The Morgan fingerprint density at radius 3 is 2.47 bits per heavy atom. The highest BCUT2D eigenvalue weighted by atomic mass is 16.5. The lowest BCUT2D eigenvalue weighted by molar-refractivity contribution is 0.0561. The van der Waals surface area contributed by atoms with Crippen LogP contribution in [0.1, 0.15) is 47.5 Å². The molecule has 0 amide bonds. The molecule has 0 aliphatic rings. The monoisotopic (exact) mass is 215 g/mol. The lowest BCUT2D eigenvalue weighted by Crippen LogP contribution is -2.33. The maximum Gasteiger partial charge on any atom is 0.0529 e. The standard InChI is InChI=1S/C13H29NO/c1-6-8-14-10-13(4,5)11-15-9-7-12(2)3/h12,14H,6-11H2,1-5H3. The summed E-state index contributed by atoms with van der Waals surface area (Å²) in [6, 6.07) is 0. The summed E-state index contributed by atoms with van der Waals surface area (Å²) in [6.45, 7) is 15.1. The van der Waals surface area contributed by atoms with Crippen LogP contribution in [0, 0.1) is 11.3 Å².